The highest BCUT2D eigenvalue weighted by Gasteiger charge is 2.13. The zero-order valence-electron chi connectivity index (χ0n) is 13.5. The molecule has 126 valence electrons. The maximum atomic E-state index is 13.5. The summed E-state index contributed by atoms with van der Waals surface area (Å²) >= 11 is 6.10. The molecule has 2 amide bonds. The van der Waals surface area contributed by atoms with Crippen molar-refractivity contribution in [1.82, 2.24) is 4.90 Å². The van der Waals surface area contributed by atoms with Crippen LogP contribution in [0.3, 0.4) is 0 Å². The number of carbonyl (C=O) groups is 2. The number of anilines is 1. The zero-order valence-corrected chi connectivity index (χ0v) is 14.2. The molecule has 0 saturated carbocycles. The van der Waals surface area contributed by atoms with Crippen LogP contribution in [-0.2, 0) is 11.2 Å². The van der Waals surface area contributed by atoms with Crippen molar-refractivity contribution in [3.8, 4) is 0 Å². The predicted molar refractivity (Wildman–Crippen MR) is 92.8 cm³/mol. The molecule has 2 rings (SSSR count). The first-order valence-corrected chi connectivity index (χ1v) is 7.80. The first-order chi connectivity index (χ1) is 11.4. The van der Waals surface area contributed by atoms with Gasteiger partial charge in [-0.05, 0) is 36.2 Å². The molecular formula is C18H18ClFN2O2. The second-order valence-corrected chi connectivity index (χ2v) is 5.94. The summed E-state index contributed by atoms with van der Waals surface area (Å²) in [5.41, 5.74) is 1.36. The number of nitrogens with one attached hydrogen (secondary N) is 1. The lowest BCUT2D eigenvalue weighted by Crippen LogP contribution is -2.22. The molecule has 0 heterocycles. The van der Waals surface area contributed by atoms with E-state index in [-0.39, 0.29) is 29.1 Å². The first kappa shape index (κ1) is 17.9. The number of rotatable bonds is 5. The Morgan fingerprint density at radius 2 is 1.88 bits per heavy atom. The molecule has 0 bridgehead atoms. The van der Waals surface area contributed by atoms with Crippen LogP contribution in [0.25, 0.3) is 0 Å². The summed E-state index contributed by atoms with van der Waals surface area (Å²) in [6, 6.07) is 11.1. The van der Waals surface area contributed by atoms with Gasteiger partial charge in [-0.1, -0.05) is 29.8 Å². The Hall–Kier alpha value is -2.40. The van der Waals surface area contributed by atoms with Crippen molar-refractivity contribution in [3.63, 3.8) is 0 Å². The molecule has 0 radical (unpaired) electrons. The minimum absolute atomic E-state index is 0.150. The molecule has 2 aromatic carbocycles. The van der Waals surface area contributed by atoms with Gasteiger partial charge in [0.05, 0.1) is 10.6 Å². The lowest BCUT2D eigenvalue weighted by Gasteiger charge is -2.13. The van der Waals surface area contributed by atoms with Gasteiger partial charge in [0.2, 0.25) is 5.91 Å². The molecule has 0 atom stereocenters. The number of hydrogen-bond donors (Lipinski definition) is 1. The molecule has 0 aromatic heterocycles. The van der Waals surface area contributed by atoms with Gasteiger partial charge in [-0.15, -0.1) is 0 Å². The van der Waals surface area contributed by atoms with Gasteiger partial charge >= 0.3 is 0 Å². The maximum Gasteiger partial charge on any atom is 0.254 e. The smallest absolute Gasteiger partial charge is 0.254 e. The molecule has 0 aliphatic heterocycles. The van der Waals surface area contributed by atoms with Crippen molar-refractivity contribution < 1.29 is 14.0 Å². The van der Waals surface area contributed by atoms with Gasteiger partial charge in [0.25, 0.3) is 5.91 Å². The third kappa shape index (κ3) is 4.55. The quantitative estimate of drug-likeness (QED) is 0.894. The summed E-state index contributed by atoms with van der Waals surface area (Å²) in [5.74, 6) is -0.779. The van der Waals surface area contributed by atoms with E-state index in [1.54, 1.807) is 44.4 Å². The van der Waals surface area contributed by atoms with Crippen molar-refractivity contribution in [2.45, 2.75) is 12.8 Å². The van der Waals surface area contributed by atoms with Crippen LogP contribution in [0.15, 0.2) is 42.5 Å². The third-order valence-corrected chi connectivity index (χ3v) is 3.78. The van der Waals surface area contributed by atoms with Crippen molar-refractivity contribution in [1.29, 1.82) is 0 Å². The molecular weight excluding hydrogens is 331 g/mol. The highest BCUT2D eigenvalue weighted by atomic mass is 35.5. The molecule has 6 heteroatoms. The summed E-state index contributed by atoms with van der Waals surface area (Å²) in [7, 11) is 3.27. The van der Waals surface area contributed by atoms with Crippen molar-refractivity contribution >= 4 is 29.1 Å². The molecule has 0 spiro atoms. The maximum absolute atomic E-state index is 13.5. The van der Waals surface area contributed by atoms with Gasteiger partial charge in [0, 0.05) is 26.2 Å². The lowest BCUT2D eigenvalue weighted by atomic mass is 10.1. The van der Waals surface area contributed by atoms with E-state index in [1.165, 1.54) is 17.0 Å². The Labute approximate surface area is 145 Å². The van der Waals surface area contributed by atoms with E-state index in [0.717, 1.165) is 0 Å². The highest BCUT2D eigenvalue weighted by Crippen LogP contribution is 2.22. The number of benzene rings is 2. The van der Waals surface area contributed by atoms with Crippen LogP contribution in [0.1, 0.15) is 22.3 Å². The number of nitrogens with zero attached hydrogens (tertiary/aromatic N) is 1. The Morgan fingerprint density at radius 1 is 1.17 bits per heavy atom. The second kappa shape index (κ2) is 7.93. The second-order valence-electron chi connectivity index (χ2n) is 5.53. The minimum Gasteiger partial charge on any atom is -0.345 e. The van der Waals surface area contributed by atoms with E-state index in [9.17, 15) is 14.0 Å². The van der Waals surface area contributed by atoms with Crippen LogP contribution in [0.5, 0.6) is 0 Å². The number of hydrogen-bond acceptors (Lipinski definition) is 2. The molecule has 0 fully saturated rings. The van der Waals surface area contributed by atoms with Crippen LogP contribution in [0, 0.1) is 5.82 Å². The first-order valence-electron chi connectivity index (χ1n) is 7.43. The van der Waals surface area contributed by atoms with Crippen LogP contribution in [0.4, 0.5) is 10.1 Å². The predicted octanol–water partition coefficient (Wildman–Crippen LogP) is 3.75. The van der Waals surface area contributed by atoms with E-state index >= 15 is 0 Å². The van der Waals surface area contributed by atoms with Crippen LogP contribution < -0.4 is 5.32 Å². The summed E-state index contributed by atoms with van der Waals surface area (Å²) in [6.07, 6.45) is 0.459. The van der Waals surface area contributed by atoms with Gasteiger partial charge in [0.1, 0.15) is 5.82 Å². The fourth-order valence-corrected chi connectivity index (χ4v) is 2.44. The number of aryl methyl sites for hydroxylation is 1. The molecule has 0 saturated heterocycles. The van der Waals surface area contributed by atoms with Crippen LogP contribution in [-0.4, -0.2) is 30.8 Å². The average molecular weight is 349 g/mol. The fourth-order valence-electron chi connectivity index (χ4n) is 2.18. The third-order valence-electron chi connectivity index (χ3n) is 3.47. The number of halogens is 2. The number of carbonyl (C=O) groups excluding carboxylic acids is 2. The average Bonchev–Trinajstić information content (AvgIpc) is 2.53. The lowest BCUT2D eigenvalue weighted by molar-refractivity contribution is -0.116. The highest BCUT2D eigenvalue weighted by molar-refractivity contribution is 6.34. The fraction of sp³-hybridized carbons (Fsp3) is 0.222. The topological polar surface area (TPSA) is 49.4 Å². The molecule has 0 unspecified atom stereocenters. The summed E-state index contributed by atoms with van der Waals surface area (Å²) in [4.78, 5) is 25.3. The van der Waals surface area contributed by atoms with Crippen LogP contribution >= 0.6 is 11.6 Å². The van der Waals surface area contributed by atoms with Crippen molar-refractivity contribution in [2.75, 3.05) is 19.4 Å². The Bertz CT molecular complexity index is 762. The number of amides is 2. The van der Waals surface area contributed by atoms with E-state index < -0.39 is 0 Å². The molecule has 4 nitrogen and oxygen atoms in total. The minimum atomic E-state index is -0.320. The summed E-state index contributed by atoms with van der Waals surface area (Å²) in [5, 5.41) is 2.96. The Morgan fingerprint density at radius 3 is 2.50 bits per heavy atom. The standard InChI is InChI=1S/C18H18ClFN2O2/c1-22(2)18(24)14-9-8-13(11-15(14)19)21-17(23)10-7-12-5-3-4-6-16(12)20/h3-6,8-9,11H,7,10H2,1-2H3,(H,21,23). The van der Waals surface area contributed by atoms with Crippen molar-refractivity contribution in [2.24, 2.45) is 0 Å². The van der Waals surface area contributed by atoms with E-state index in [1.807, 2.05) is 0 Å². The Kier molecular flexibility index (Phi) is 5.93. The molecule has 24 heavy (non-hydrogen) atoms. The normalized spacial score (nSPS) is 10.3. The van der Waals surface area contributed by atoms with Gasteiger partial charge < -0.3 is 10.2 Å². The SMILES string of the molecule is CN(C)C(=O)c1ccc(NC(=O)CCc2ccccc2F)cc1Cl. The van der Waals surface area contributed by atoms with Gasteiger partial charge in [-0.3, -0.25) is 9.59 Å². The largest absolute Gasteiger partial charge is 0.345 e. The zero-order chi connectivity index (χ0) is 17.7. The van der Waals surface area contributed by atoms with Gasteiger partial charge in [-0.2, -0.15) is 0 Å². The molecule has 0 aliphatic carbocycles. The Balaban J connectivity index is 1.98. The van der Waals surface area contributed by atoms with E-state index in [4.69, 9.17) is 11.6 Å². The van der Waals surface area contributed by atoms with Gasteiger partial charge in [-0.25, -0.2) is 4.39 Å². The molecule has 0 aliphatic rings. The van der Waals surface area contributed by atoms with Crippen LogP contribution in [0.2, 0.25) is 5.02 Å². The monoisotopic (exact) mass is 348 g/mol. The van der Waals surface area contributed by atoms with Crippen molar-refractivity contribution in [3.05, 3.63) is 64.4 Å². The summed E-state index contributed by atoms with van der Waals surface area (Å²) in [6.45, 7) is 0. The molecule has 1 N–H and O–H groups in total. The van der Waals surface area contributed by atoms with Gasteiger partial charge in [0.15, 0.2) is 0 Å². The molecule has 2 aromatic rings. The van der Waals surface area contributed by atoms with E-state index in [2.05, 4.69) is 5.32 Å². The van der Waals surface area contributed by atoms with E-state index in [0.29, 0.717) is 23.2 Å². The summed E-state index contributed by atoms with van der Waals surface area (Å²) < 4.78 is 13.5.